The molecular formula is C24H28N2O3. The van der Waals surface area contributed by atoms with Gasteiger partial charge in [0.2, 0.25) is 5.91 Å². The Morgan fingerprint density at radius 3 is 2.79 bits per heavy atom. The largest absolute Gasteiger partial charge is 0.350 e. The van der Waals surface area contributed by atoms with Gasteiger partial charge in [-0.15, -0.1) is 0 Å². The lowest BCUT2D eigenvalue weighted by Gasteiger charge is -2.41. The second-order valence-corrected chi connectivity index (χ2v) is 7.70. The quantitative estimate of drug-likeness (QED) is 0.787. The first kappa shape index (κ1) is 19.8. The maximum absolute atomic E-state index is 11.6. The molecule has 0 spiro atoms. The molecule has 2 atom stereocenters. The molecule has 2 heterocycles. The second-order valence-electron chi connectivity index (χ2n) is 7.70. The van der Waals surface area contributed by atoms with Crippen LogP contribution in [0.25, 0.3) is 0 Å². The van der Waals surface area contributed by atoms with Crippen molar-refractivity contribution >= 4 is 5.91 Å². The molecule has 1 N–H and O–H groups in total. The average molecular weight is 392 g/mol. The van der Waals surface area contributed by atoms with Crippen LogP contribution >= 0.6 is 0 Å². The summed E-state index contributed by atoms with van der Waals surface area (Å²) in [6.45, 7) is 5.50. The van der Waals surface area contributed by atoms with E-state index in [1.807, 2.05) is 18.2 Å². The summed E-state index contributed by atoms with van der Waals surface area (Å²) in [6.07, 6.45) is 2.24. The van der Waals surface area contributed by atoms with E-state index in [-0.39, 0.29) is 18.2 Å². The Morgan fingerprint density at radius 1 is 1.17 bits per heavy atom. The van der Waals surface area contributed by atoms with E-state index in [9.17, 15) is 4.79 Å². The summed E-state index contributed by atoms with van der Waals surface area (Å²) in [6, 6.07) is 18.9. The fourth-order valence-electron chi connectivity index (χ4n) is 4.03. The van der Waals surface area contributed by atoms with Gasteiger partial charge in [0.15, 0.2) is 6.29 Å². The third kappa shape index (κ3) is 5.12. The summed E-state index contributed by atoms with van der Waals surface area (Å²) in [5.41, 5.74) is 4.81. The molecule has 2 aliphatic rings. The number of rotatable bonds is 7. The molecule has 1 amide bonds. The van der Waals surface area contributed by atoms with Crippen molar-refractivity contribution in [2.75, 3.05) is 32.8 Å². The lowest BCUT2D eigenvalue weighted by molar-refractivity contribution is -0.209. The van der Waals surface area contributed by atoms with Crippen molar-refractivity contribution in [3.63, 3.8) is 0 Å². The normalized spacial score (nSPS) is 22.4. The van der Waals surface area contributed by atoms with Crippen LogP contribution in [0.15, 0.2) is 66.2 Å². The van der Waals surface area contributed by atoms with Crippen LogP contribution in [0.3, 0.4) is 0 Å². The van der Waals surface area contributed by atoms with Gasteiger partial charge in [0.25, 0.3) is 0 Å². The van der Waals surface area contributed by atoms with Crippen LogP contribution in [-0.4, -0.2) is 49.9 Å². The van der Waals surface area contributed by atoms with Gasteiger partial charge in [0.1, 0.15) is 0 Å². The first-order valence-corrected chi connectivity index (χ1v) is 10.2. The highest BCUT2D eigenvalue weighted by atomic mass is 16.7. The van der Waals surface area contributed by atoms with Crippen LogP contribution in [0.4, 0.5) is 0 Å². The molecule has 2 aromatic rings. The molecule has 1 fully saturated rings. The number of ether oxygens (including phenoxy) is 2. The number of carbonyl (C=O) groups excluding carboxylic acids is 1. The number of nitrogens with one attached hydrogen (secondary N) is 1. The van der Waals surface area contributed by atoms with Crippen molar-refractivity contribution in [1.82, 2.24) is 10.2 Å². The van der Waals surface area contributed by atoms with Crippen molar-refractivity contribution in [1.29, 1.82) is 0 Å². The van der Waals surface area contributed by atoms with Crippen LogP contribution in [0.1, 0.15) is 22.7 Å². The minimum atomic E-state index is -0.332. The van der Waals surface area contributed by atoms with E-state index in [1.54, 1.807) is 6.08 Å². The number of hydrogen-bond acceptors (Lipinski definition) is 4. The van der Waals surface area contributed by atoms with Crippen molar-refractivity contribution in [2.24, 2.45) is 0 Å². The van der Waals surface area contributed by atoms with E-state index < -0.39 is 0 Å². The molecule has 2 aromatic carbocycles. The highest BCUT2D eigenvalue weighted by Crippen LogP contribution is 2.31. The second kappa shape index (κ2) is 9.35. The maximum atomic E-state index is 11.6. The summed E-state index contributed by atoms with van der Waals surface area (Å²) < 4.78 is 12.3. The molecule has 1 saturated heterocycles. The number of nitrogens with zero attached hydrogens (tertiary/aromatic N) is 1. The fourth-order valence-corrected chi connectivity index (χ4v) is 4.03. The zero-order chi connectivity index (χ0) is 20.1. The van der Waals surface area contributed by atoms with Gasteiger partial charge in [-0.3, -0.25) is 9.69 Å². The van der Waals surface area contributed by atoms with E-state index >= 15 is 0 Å². The Hall–Kier alpha value is -2.47. The summed E-state index contributed by atoms with van der Waals surface area (Å²) >= 11 is 0. The molecule has 29 heavy (non-hydrogen) atoms. The minimum Gasteiger partial charge on any atom is -0.350 e. The van der Waals surface area contributed by atoms with Crippen molar-refractivity contribution in [2.45, 2.75) is 25.7 Å². The van der Waals surface area contributed by atoms with Crippen molar-refractivity contribution in [3.05, 3.63) is 82.9 Å². The lowest BCUT2D eigenvalue weighted by atomic mass is 10.0. The number of aryl methyl sites for hydroxylation is 1. The van der Waals surface area contributed by atoms with Crippen LogP contribution in [0, 0.1) is 6.92 Å². The summed E-state index contributed by atoms with van der Waals surface area (Å²) in [7, 11) is 0. The highest BCUT2D eigenvalue weighted by Gasteiger charge is 2.35. The fraction of sp³-hybridized carbons (Fsp3) is 0.375. The molecular weight excluding hydrogens is 364 g/mol. The van der Waals surface area contributed by atoms with Crippen LogP contribution in [0.5, 0.6) is 0 Å². The van der Waals surface area contributed by atoms with Crippen LogP contribution in [-0.2, 0) is 20.7 Å². The zero-order valence-electron chi connectivity index (χ0n) is 16.8. The number of benzene rings is 2. The van der Waals surface area contributed by atoms with E-state index in [4.69, 9.17) is 9.47 Å². The molecule has 0 saturated carbocycles. The van der Waals surface area contributed by atoms with E-state index in [0.717, 1.165) is 25.1 Å². The summed E-state index contributed by atoms with van der Waals surface area (Å²) in [5.74, 6) is -0.00419. The molecule has 0 bridgehead atoms. The Labute approximate surface area is 172 Å². The Balaban J connectivity index is 1.46. The molecule has 0 unspecified atom stereocenters. The van der Waals surface area contributed by atoms with Gasteiger partial charge in [-0.05, 0) is 30.0 Å². The predicted octanol–water partition coefficient (Wildman–Crippen LogP) is 3.01. The first-order chi connectivity index (χ1) is 14.2. The van der Waals surface area contributed by atoms with E-state index in [2.05, 4.69) is 53.5 Å². The molecule has 0 aliphatic carbocycles. The van der Waals surface area contributed by atoms with Crippen LogP contribution < -0.4 is 5.32 Å². The van der Waals surface area contributed by atoms with Crippen molar-refractivity contribution < 1.29 is 14.3 Å². The summed E-state index contributed by atoms with van der Waals surface area (Å²) in [4.78, 5) is 13.9. The SMILES string of the molecule is Cc1cccc(CCO[C@@H]2OCCN(CC3=CC(=O)NC3)[C@H]2c2ccccc2)c1. The first-order valence-electron chi connectivity index (χ1n) is 10.2. The minimum absolute atomic E-state index is 0.000869. The molecule has 152 valence electrons. The Morgan fingerprint density at radius 2 is 2.03 bits per heavy atom. The van der Waals surface area contributed by atoms with E-state index in [1.165, 1.54) is 16.7 Å². The van der Waals surface area contributed by atoms with Gasteiger partial charge in [-0.2, -0.15) is 0 Å². The number of carbonyl (C=O) groups is 1. The Kier molecular flexibility index (Phi) is 6.39. The summed E-state index contributed by atoms with van der Waals surface area (Å²) in [5, 5.41) is 2.86. The van der Waals surface area contributed by atoms with Gasteiger partial charge in [0, 0.05) is 25.7 Å². The monoisotopic (exact) mass is 392 g/mol. The molecule has 2 aliphatic heterocycles. The number of morpholine rings is 1. The molecule has 0 aromatic heterocycles. The van der Waals surface area contributed by atoms with Gasteiger partial charge in [-0.25, -0.2) is 0 Å². The maximum Gasteiger partial charge on any atom is 0.244 e. The topological polar surface area (TPSA) is 50.8 Å². The van der Waals surface area contributed by atoms with Crippen molar-refractivity contribution in [3.8, 4) is 0 Å². The highest BCUT2D eigenvalue weighted by molar-refractivity contribution is 5.91. The standard InChI is InChI=1S/C24H28N2O3/c1-18-6-5-7-19(14-18)10-12-28-24-23(21-8-3-2-4-9-21)26(11-13-29-24)17-20-15-22(27)25-16-20/h2-9,14-15,23-24H,10-13,16-17H2,1H3,(H,25,27)/t23-,24+/m0/s1. The Bertz CT molecular complexity index is 865. The molecule has 5 heteroatoms. The van der Waals surface area contributed by atoms with Gasteiger partial charge >= 0.3 is 0 Å². The smallest absolute Gasteiger partial charge is 0.244 e. The van der Waals surface area contributed by atoms with E-state index in [0.29, 0.717) is 19.8 Å². The third-order valence-corrected chi connectivity index (χ3v) is 5.44. The molecule has 0 radical (unpaired) electrons. The predicted molar refractivity (Wildman–Crippen MR) is 112 cm³/mol. The number of amides is 1. The van der Waals surface area contributed by atoms with Gasteiger partial charge in [-0.1, -0.05) is 60.2 Å². The molecule has 4 rings (SSSR count). The number of hydrogen-bond donors (Lipinski definition) is 1. The van der Waals surface area contributed by atoms with Gasteiger partial charge < -0.3 is 14.8 Å². The lowest BCUT2D eigenvalue weighted by Crippen LogP contribution is -2.47. The van der Waals surface area contributed by atoms with Crippen LogP contribution in [0.2, 0.25) is 0 Å². The third-order valence-electron chi connectivity index (χ3n) is 5.44. The zero-order valence-corrected chi connectivity index (χ0v) is 16.8. The average Bonchev–Trinajstić information content (AvgIpc) is 3.13. The molecule has 5 nitrogen and oxygen atoms in total. The van der Waals surface area contributed by atoms with Gasteiger partial charge in [0.05, 0.1) is 19.3 Å².